The first kappa shape index (κ1) is 34.8. The molecule has 0 heterocycles. The zero-order valence-electron chi connectivity index (χ0n) is 29.7. The zero-order chi connectivity index (χ0) is 36.2. The molecule has 260 valence electrons. The third-order valence-corrected chi connectivity index (χ3v) is 9.34. The molecular formula is C49H42N2O2. The van der Waals surface area contributed by atoms with E-state index < -0.39 is 5.97 Å². The second-order valence-electron chi connectivity index (χ2n) is 12.9. The summed E-state index contributed by atoms with van der Waals surface area (Å²) in [6.45, 7) is 3.47. The molecule has 0 amide bonds. The number of esters is 1. The first-order valence-corrected chi connectivity index (χ1v) is 18.1. The van der Waals surface area contributed by atoms with Gasteiger partial charge in [0.25, 0.3) is 0 Å². The van der Waals surface area contributed by atoms with Crippen molar-refractivity contribution in [2.75, 3.05) is 9.80 Å². The summed E-state index contributed by atoms with van der Waals surface area (Å²) in [4.78, 5) is 16.1. The average molecular weight is 691 g/mol. The highest BCUT2D eigenvalue weighted by molar-refractivity contribution is 5.84. The van der Waals surface area contributed by atoms with E-state index in [1.54, 1.807) is 12.1 Å². The SMILES string of the molecule is C=CC(=O)Oc1ccc(N(c2ccccc2)c2ccc(CCc3ccc(CCc4ccc(N(c5ccccc5)c5ccccc5)cc4)cc3)cc2)cc1. The molecule has 7 rings (SSSR count). The normalized spacial score (nSPS) is 10.7. The highest BCUT2D eigenvalue weighted by atomic mass is 16.5. The van der Waals surface area contributed by atoms with E-state index in [1.807, 2.05) is 30.3 Å². The molecule has 0 N–H and O–H groups in total. The fourth-order valence-corrected chi connectivity index (χ4v) is 6.52. The molecule has 0 unspecified atom stereocenters. The zero-order valence-corrected chi connectivity index (χ0v) is 29.7. The minimum atomic E-state index is -0.475. The molecule has 7 aromatic carbocycles. The minimum Gasteiger partial charge on any atom is -0.423 e. The van der Waals surface area contributed by atoms with Crippen LogP contribution in [0.3, 0.4) is 0 Å². The maximum Gasteiger partial charge on any atom is 0.335 e. The van der Waals surface area contributed by atoms with Crippen molar-refractivity contribution in [1.29, 1.82) is 0 Å². The summed E-state index contributed by atoms with van der Waals surface area (Å²) in [6, 6.07) is 65.7. The van der Waals surface area contributed by atoms with Gasteiger partial charge >= 0.3 is 5.97 Å². The number of benzene rings is 7. The van der Waals surface area contributed by atoms with Crippen molar-refractivity contribution >= 4 is 40.1 Å². The van der Waals surface area contributed by atoms with Gasteiger partial charge in [0, 0.05) is 40.2 Å². The van der Waals surface area contributed by atoms with Gasteiger partial charge in [-0.1, -0.05) is 110 Å². The highest BCUT2D eigenvalue weighted by Gasteiger charge is 2.14. The molecule has 0 radical (unpaired) electrons. The van der Waals surface area contributed by atoms with Crippen LogP contribution in [0.5, 0.6) is 5.75 Å². The van der Waals surface area contributed by atoms with Crippen molar-refractivity contribution in [2.24, 2.45) is 0 Å². The van der Waals surface area contributed by atoms with Crippen molar-refractivity contribution in [3.63, 3.8) is 0 Å². The fourth-order valence-electron chi connectivity index (χ4n) is 6.52. The van der Waals surface area contributed by atoms with Crippen LogP contribution in [0.1, 0.15) is 22.3 Å². The summed E-state index contributed by atoms with van der Waals surface area (Å²) >= 11 is 0. The molecule has 0 aromatic heterocycles. The third kappa shape index (κ3) is 8.99. The molecule has 0 saturated carbocycles. The van der Waals surface area contributed by atoms with Gasteiger partial charge in [-0.3, -0.25) is 0 Å². The maximum atomic E-state index is 11.6. The molecule has 7 aromatic rings. The molecule has 0 aliphatic carbocycles. The predicted molar refractivity (Wildman–Crippen MR) is 219 cm³/mol. The van der Waals surface area contributed by atoms with Crippen LogP contribution in [0, 0.1) is 0 Å². The molecule has 0 saturated heterocycles. The van der Waals surface area contributed by atoms with Gasteiger partial charge in [-0.2, -0.15) is 0 Å². The van der Waals surface area contributed by atoms with Crippen molar-refractivity contribution in [1.82, 2.24) is 0 Å². The largest absolute Gasteiger partial charge is 0.423 e. The number of carbonyl (C=O) groups excluding carboxylic acids is 1. The van der Waals surface area contributed by atoms with E-state index in [0.29, 0.717) is 5.75 Å². The number of anilines is 6. The smallest absolute Gasteiger partial charge is 0.335 e. The van der Waals surface area contributed by atoms with E-state index >= 15 is 0 Å². The van der Waals surface area contributed by atoms with Crippen molar-refractivity contribution in [2.45, 2.75) is 25.7 Å². The van der Waals surface area contributed by atoms with Gasteiger partial charge in [0.2, 0.25) is 0 Å². The Kier molecular flexibility index (Phi) is 11.2. The van der Waals surface area contributed by atoms with Crippen molar-refractivity contribution in [3.8, 4) is 5.75 Å². The molecule has 4 heteroatoms. The van der Waals surface area contributed by atoms with E-state index in [0.717, 1.165) is 65.9 Å². The van der Waals surface area contributed by atoms with Gasteiger partial charge in [0.15, 0.2) is 0 Å². The number of hydrogen-bond acceptors (Lipinski definition) is 4. The Hall–Kier alpha value is -6.65. The number of para-hydroxylation sites is 3. The number of ether oxygens (including phenoxy) is 1. The van der Waals surface area contributed by atoms with Gasteiger partial charge in [0.1, 0.15) is 5.75 Å². The Morgan fingerprint density at radius 1 is 0.396 bits per heavy atom. The quantitative estimate of drug-likeness (QED) is 0.0646. The third-order valence-electron chi connectivity index (χ3n) is 9.34. The molecule has 0 bridgehead atoms. The van der Waals surface area contributed by atoms with Gasteiger partial charge in [-0.05, 0) is 133 Å². The van der Waals surface area contributed by atoms with Crippen molar-refractivity contribution in [3.05, 3.63) is 223 Å². The number of nitrogens with zero attached hydrogens (tertiary/aromatic N) is 2. The molecular weight excluding hydrogens is 649 g/mol. The monoisotopic (exact) mass is 690 g/mol. The Bertz CT molecular complexity index is 2160. The minimum absolute atomic E-state index is 0.475. The van der Waals surface area contributed by atoms with Crippen LogP contribution in [0.15, 0.2) is 201 Å². The number of rotatable bonds is 14. The molecule has 0 spiro atoms. The lowest BCUT2D eigenvalue weighted by Gasteiger charge is -2.25. The number of hydrogen-bond donors (Lipinski definition) is 0. The van der Waals surface area contributed by atoms with Crippen LogP contribution >= 0.6 is 0 Å². The lowest BCUT2D eigenvalue weighted by Crippen LogP contribution is -2.10. The van der Waals surface area contributed by atoms with Crippen LogP contribution in [0.25, 0.3) is 0 Å². The maximum absolute atomic E-state index is 11.6. The fraction of sp³-hybridized carbons (Fsp3) is 0.0816. The molecule has 0 fully saturated rings. The summed E-state index contributed by atoms with van der Waals surface area (Å²) in [6.07, 6.45) is 5.10. The molecule has 0 aliphatic rings. The van der Waals surface area contributed by atoms with Gasteiger partial charge < -0.3 is 14.5 Å². The Morgan fingerprint density at radius 2 is 0.660 bits per heavy atom. The summed E-state index contributed by atoms with van der Waals surface area (Å²) in [5, 5.41) is 0. The van der Waals surface area contributed by atoms with Gasteiger partial charge in [0.05, 0.1) is 0 Å². The number of carbonyl (C=O) groups is 1. The lowest BCUT2D eigenvalue weighted by atomic mass is 10.00. The molecule has 0 atom stereocenters. The van der Waals surface area contributed by atoms with Crippen molar-refractivity contribution < 1.29 is 9.53 Å². The Labute approximate surface area is 312 Å². The first-order valence-electron chi connectivity index (χ1n) is 18.1. The standard InChI is InChI=1S/C49H42N2O2/c1-2-49(52)53-48-36-34-47(35-37-48)51(44-16-10-5-11-17-44)46-32-28-41(29-33-46)25-23-39-20-18-38(19-21-39)22-24-40-26-30-45(31-27-40)50(42-12-6-3-7-13-42)43-14-8-4-9-15-43/h2-21,26-37H,1,22-25H2. The van der Waals surface area contributed by atoms with Crippen LogP contribution < -0.4 is 14.5 Å². The second-order valence-corrected chi connectivity index (χ2v) is 12.9. The number of aryl methyl sites for hydroxylation is 4. The first-order chi connectivity index (χ1) is 26.1. The Balaban J connectivity index is 0.952. The van der Waals surface area contributed by atoms with E-state index in [1.165, 1.54) is 22.3 Å². The highest BCUT2D eigenvalue weighted by Crippen LogP contribution is 2.36. The summed E-state index contributed by atoms with van der Waals surface area (Å²) < 4.78 is 5.28. The molecule has 53 heavy (non-hydrogen) atoms. The predicted octanol–water partition coefficient (Wildman–Crippen LogP) is 12.3. The van der Waals surface area contributed by atoms with Crippen LogP contribution in [0.4, 0.5) is 34.1 Å². The summed E-state index contributed by atoms with van der Waals surface area (Å²) in [7, 11) is 0. The summed E-state index contributed by atoms with van der Waals surface area (Å²) in [5.74, 6) is 0.00716. The second kappa shape index (κ2) is 17.0. The van der Waals surface area contributed by atoms with E-state index in [9.17, 15) is 4.79 Å². The van der Waals surface area contributed by atoms with Gasteiger partial charge in [-0.25, -0.2) is 4.79 Å². The van der Waals surface area contributed by atoms with E-state index in [2.05, 4.69) is 162 Å². The average Bonchev–Trinajstić information content (AvgIpc) is 3.22. The van der Waals surface area contributed by atoms with Gasteiger partial charge in [-0.15, -0.1) is 0 Å². The van der Waals surface area contributed by atoms with Crippen LogP contribution in [-0.4, -0.2) is 5.97 Å². The van der Waals surface area contributed by atoms with E-state index in [-0.39, 0.29) is 0 Å². The summed E-state index contributed by atoms with van der Waals surface area (Å²) in [5.41, 5.74) is 11.8. The molecule has 0 aliphatic heterocycles. The van der Waals surface area contributed by atoms with Crippen LogP contribution in [0.2, 0.25) is 0 Å². The lowest BCUT2D eigenvalue weighted by molar-refractivity contribution is -0.128. The van der Waals surface area contributed by atoms with E-state index in [4.69, 9.17) is 4.74 Å². The molecule has 4 nitrogen and oxygen atoms in total. The Morgan fingerprint density at radius 3 is 0.962 bits per heavy atom. The van der Waals surface area contributed by atoms with Crippen LogP contribution in [-0.2, 0) is 30.5 Å². The topological polar surface area (TPSA) is 32.8 Å².